The van der Waals surface area contributed by atoms with Crippen LogP contribution in [0.1, 0.15) is 27.7 Å². The maximum Gasteiger partial charge on any atom is 0.493 e. The Morgan fingerprint density at radius 1 is 0.543 bits per heavy atom. The van der Waals surface area contributed by atoms with Gasteiger partial charge in [-0.1, -0.05) is 33.4 Å². The number of hydrogen-bond donors (Lipinski definition) is 0. The molecule has 0 N–H and O–H groups in total. The summed E-state index contributed by atoms with van der Waals surface area (Å²) in [4.78, 5) is 0. The van der Waals surface area contributed by atoms with E-state index >= 15 is 0 Å². The summed E-state index contributed by atoms with van der Waals surface area (Å²) in [7, 11) is 62.4. The zero-order valence-corrected chi connectivity index (χ0v) is 20.2. The quantitative estimate of drug-likeness (QED) is 0.378. The second-order valence-electron chi connectivity index (χ2n) is 9.86. The fourth-order valence-corrected chi connectivity index (χ4v) is 4.38. The van der Waals surface area contributed by atoms with E-state index < -0.39 is 18.3 Å². The molecule has 0 aliphatic carbocycles. The van der Waals surface area contributed by atoms with Crippen LogP contribution < -0.4 is 60.1 Å². The van der Waals surface area contributed by atoms with E-state index in [2.05, 4.69) is 0 Å². The Bertz CT molecular complexity index is 1390. The Hall–Kier alpha value is -1.45. The first-order valence-corrected chi connectivity index (χ1v) is 10.9. The molecule has 0 atom stereocenters. The van der Waals surface area contributed by atoms with Crippen molar-refractivity contribution >= 4 is 156 Å². The van der Waals surface area contributed by atoms with E-state index in [1.54, 1.807) is 6.07 Å². The van der Waals surface area contributed by atoms with Crippen LogP contribution in [0.15, 0.2) is 6.07 Å². The second kappa shape index (κ2) is 8.55. The first kappa shape index (κ1) is 26.6. The van der Waals surface area contributed by atoms with Crippen LogP contribution in [-0.2, 0) is 9.31 Å². The molecule has 1 saturated heterocycles. The van der Waals surface area contributed by atoms with E-state index in [1.807, 2.05) is 27.7 Å². The Balaban J connectivity index is 2.14. The fraction of sp³-hybridized carbons (Fsp3) is 0.273. The van der Waals surface area contributed by atoms with Crippen molar-refractivity contribution in [3.8, 4) is 11.1 Å². The number of benzene rings is 3. The van der Waals surface area contributed by atoms with E-state index in [0.29, 0.717) is 27.4 Å². The molecule has 4 rings (SSSR count). The van der Waals surface area contributed by atoms with E-state index in [-0.39, 0.29) is 54.6 Å². The fourth-order valence-electron chi connectivity index (χ4n) is 4.38. The lowest BCUT2D eigenvalue weighted by Crippen LogP contribution is -2.58. The maximum atomic E-state index is 6.69. The van der Waals surface area contributed by atoms with Gasteiger partial charge >= 0.3 is 7.12 Å². The van der Waals surface area contributed by atoms with Gasteiger partial charge in [-0.15, -0.1) is 27.3 Å². The van der Waals surface area contributed by atoms with Crippen LogP contribution in [0.4, 0.5) is 0 Å². The number of hydrogen-bond acceptors (Lipinski definition) is 2. The van der Waals surface area contributed by atoms with E-state index in [0.717, 1.165) is 0 Å². The average molecular weight is 428 g/mol. The van der Waals surface area contributed by atoms with Crippen molar-refractivity contribution in [2.45, 2.75) is 38.9 Å². The molecule has 1 fully saturated rings. The summed E-state index contributed by atoms with van der Waals surface area (Å²) >= 11 is 0. The Kier molecular flexibility index (Phi) is 6.50. The first-order valence-electron chi connectivity index (χ1n) is 10.9. The van der Waals surface area contributed by atoms with Crippen molar-refractivity contribution in [3.63, 3.8) is 0 Å². The normalized spacial score (nSPS) is 16.7. The van der Waals surface area contributed by atoms with Crippen LogP contribution in [0.5, 0.6) is 0 Å². The standard InChI is InChI=1S/C22H13B11O2/c1-21(2)22(3,4)35-33(34-21)20-11(24)6(5-7(23)12(20)25)8-9-10(15(28)17(30)13(8)26)16(29)19(32)18(31)14(9)27/h5H,1-4H3. The summed E-state index contributed by atoms with van der Waals surface area (Å²) in [6, 6.07) is 1.57. The highest BCUT2D eigenvalue weighted by molar-refractivity contribution is 6.76. The van der Waals surface area contributed by atoms with Crippen LogP contribution in [0.2, 0.25) is 0 Å². The second-order valence-corrected chi connectivity index (χ2v) is 9.86. The van der Waals surface area contributed by atoms with E-state index in [1.165, 1.54) is 0 Å². The molecule has 146 valence electrons. The minimum absolute atomic E-state index is 0.0768. The maximum absolute atomic E-state index is 6.69. The molecule has 1 aliphatic rings. The first-order chi connectivity index (χ1) is 16.0. The van der Waals surface area contributed by atoms with Crippen molar-refractivity contribution in [2.24, 2.45) is 0 Å². The molecule has 35 heavy (non-hydrogen) atoms. The van der Waals surface area contributed by atoms with Crippen molar-refractivity contribution in [1.82, 2.24) is 0 Å². The van der Waals surface area contributed by atoms with Gasteiger partial charge in [-0.25, -0.2) is 0 Å². The molecule has 13 heteroatoms. The lowest BCUT2D eigenvalue weighted by atomic mass is 9.56. The molecule has 0 saturated carbocycles. The molecule has 0 unspecified atom stereocenters. The van der Waals surface area contributed by atoms with Crippen LogP contribution >= 0.6 is 0 Å². The van der Waals surface area contributed by atoms with Gasteiger partial charge in [0.25, 0.3) is 0 Å². The van der Waals surface area contributed by atoms with Gasteiger partial charge in [-0.3, -0.25) is 0 Å². The van der Waals surface area contributed by atoms with Gasteiger partial charge in [-0.05, 0) is 55.1 Å². The molecule has 0 aromatic heterocycles. The molecule has 20 radical (unpaired) electrons. The highest BCUT2D eigenvalue weighted by Gasteiger charge is 2.52. The third-order valence-corrected chi connectivity index (χ3v) is 7.27. The summed E-state index contributed by atoms with van der Waals surface area (Å²) in [6.07, 6.45) is 0. The summed E-state index contributed by atoms with van der Waals surface area (Å²) in [5, 5.41) is 0.650. The van der Waals surface area contributed by atoms with Gasteiger partial charge < -0.3 is 9.31 Å². The Morgan fingerprint density at radius 2 is 0.971 bits per heavy atom. The third kappa shape index (κ3) is 3.79. The van der Waals surface area contributed by atoms with Gasteiger partial charge in [-0.2, -0.15) is 0 Å². The molecule has 0 bridgehead atoms. The zero-order valence-electron chi connectivity index (χ0n) is 20.2. The van der Waals surface area contributed by atoms with Crippen LogP contribution in [-0.4, -0.2) is 96.8 Å². The third-order valence-electron chi connectivity index (χ3n) is 7.27. The smallest absolute Gasteiger partial charge is 0.399 e. The van der Waals surface area contributed by atoms with Crippen molar-refractivity contribution in [3.05, 3.63) is 6.07 Å². The highest BCUT2D eigenvalue weighted by atomic mass is 16.7. The van der Waals surface area contributed by atoms with E-state index in [9.17, 15) is 0 Å². The lowest BCUT2D eigenvalue weighted by Gasteiger charge is -2.32. The van der Waals surface area contributed by atoms with Gasteiger partial charge in [0.05, 0.1) is 11.2 Å². The van der Waals surface area contributed by atoms with Crippen molar-refractivity contribution < 1.29 is 9.31 Å². The zero-order chi connectivity index (χ0) is 26.4. The van der Waals surface area contributed by atoms with Gasteiger partial charge in [0, 0.05) is 0 Å². The average Bonchev–Trinajstić information content (AvgIpc) is 2.98. The SMILES string of the molecule is [B]c1cc(-c2c([B])c([B])c([B])c3c([B])c([B])c([B])c([B])c23)c([B])c(B2OC(C)(C)C(C)(C)O2)c1[B]. The highest BCUT2D eigenvalue weighted by Crippen LogP contribution is 2.36. The van der Waals surface area contributed by atoms with Crippen molar-refractivity contribution in [2.75, 3.05) is 0 Å². The summed E-state index contributed by atoms with van der Waals surface area (Å²) in [5.41, 5.74) is 1.12. The molecule has 1 heterocycles. The largest absolute Gasteiger partial charge is 0.493 e. The molecule has 3 aromatic rings. The molecule has 0 amide bonds. The molecule has 3 aromatic carbocycles. The summed E-state index contributed by atoms with van der Waals surface area (Å²) in [6.45, 7) is 7.65. The molecular weight excluding hydrogens is 415 g/mol. The van der Waals surface area contributed by atoms with Crippen LogP contribution in [0.25, 0.3) is 21.9 Å². The molecule has 0 spiro atoms. The monoisotopic (exact) mass is 430 g/mol. The molecule has 2 nitrogen and oxygen atoms in total. The predicted molar refractivity (Wildman–Crippen MR) is 159 cm³/mol. The van der Waals surface area contributed by atoms with Crippen LogP contribution in [0.3, 0.4) is 0 Å². The van der Waals surface area contributed by atoms with Gasteiger partial charge in [0.1, 0.15) is 78.5 Å². The minimum Gasteiger partial charge on any atom is -0.399 e. The van der Waals surface area contributed by atoms with Crippen molar-refractivity contribution in [1.29, 1.82) is 0 Å². The number of fused-ring (bicyclic) bond motifs is 1. The van der Waals surface area contributed by atoms with Gasteiger partial charge in [0.15, 0.2) is 0 Å². The number of rotatable bonds is 2. The summed E-state index contributed by atoms with van der Waals surface area (Å²) < 4.78 is 12.4. The predicted octanol–water partition coefficient (Wildman–Crippen LogP) is -7.26. The topological polar surface area (TPSA) is 18.5 Å². The summed E-state index contributed by atoms with van der Waals surface area (Å²) in [5.74, 6) is 0. The van der Waals surface area contributed by atoms with Gasteiger partial charge in [0.2, 0.25) is 0 Å². The Morgan fingerprint density at radius 3 is 1.46 bits per heavy atom. The molecular formula is C22H13B11O2. The van der Waals surface area contributed by atoms with E-state index in [4.69, 9.17) is 87.8 Å². The molecule has 1 aliphatic heterocycles. The minimum atomic E-state index is -0.899. The van der Waals surface area contributed by atoms with Crippen LogP contribution in [0, 0.1) is 0 Å². The lowest BCUT2D eigenvalue weighted by molar-refractivity contribution is 0.00578. The Labute approximate surface area is 221 Å².